The summed E-state index contributed by atoms with van der Waals surface area (Å²) in [5, 5.41) is 0. The minimum absolute atomic E-state index is 0. The van der Waals surface area contributed by atoms with Gasteiger partial charge in [-0.2, -0.15) is 0 Å². The fourth-order valence-corrected chi connectivity index (χ4v) is 2.54. The van der Waals surface area contributed by atoms with E-state index in [0.29, 0.717) is 0 Å². The van der Waals surface area contributed by atoms with E-state index in [9.17, 15) is 19.2 Å². The van der Waals surface area contributed by atoms with Gasteiger partial charge < -0.3 is 36.3 Å². The molecule has 1 aliphatic rings. The monoisotopic (exact) mass is 516 g/mol. The van der Waals surface area contributed by atoms with Crippen molar-refractivity contribution in [3.05, 3.63) is 0 Å². The summed E-state index contributed by atoms with van der Waals surface area (Å²) >= 11 is 5.11. The maximum atomic E-state index is 11.4. The first kappa shape index (κ1) is 30.7. The number of hydrogen-bond donors (Lipinski definition) is 0. The summed E-state index contributed by atoms with van der Waals surface area (Å²) in [6.45, 7) is 4.36. The molecule has 27 heavy (non-hydrogen) atoms. The predicted molar refractivity (Wildman–Crippen MR) is 98.5 cm³/mol. The van der Waals surface area contributed by atoms with Crippen LogP contribution in [0.5, 0.6) is 0 Å². The molecule has 1 aliphatic heterocycles. The second kappa shape index (κ2) is 14.1. The molecular weight excluding hydrogens is 490 g/mol. The second-order valence-corrected chi connectivity index (χ2v) is 5.53. The third-order valence-corrected chi connectivity index (χ3v) is 3.33. The summed E-state index contributed by atoms with van der Waals surface area (Å²) in [5.41, 5.74) is -1.09. The molecule has 11 heteroatoms. The van der Waals surface area contributed by atoms with Gasteiger partial charge >= 0.3 is 23.9 Å². The molecule has 1 rings (SSSR count). The van der Waals surface area contributed by atoms with Crippen molar-refractivity contribution in [2.75, 3.05) is 6.61 Å². The van der Waals surface area contributed by atoms with Gasteiger partial charge in [0, 0.05) is 52.1 Å². The van der Waals surface area contributed by atoms with Gasteiger partial charge in [0.2, 0.25) is 0 Å². The fraction of sp³-hybridized carbons (Fsp3) is 0.750. The Labute approximate surface area is 182 Å². The van der Waals surface area contributed by atoms with Gasteiger partial charge in [-0.15, -0.1) is 0 Å². The first-order chi connectivity index (χ1) is 11.1. The van der Waals surface area contributed by atoms with Gasteiger partial charge in [-0.25, -0.2) is 0 Å². The average Bonchev–Trinajstić information content (AvgIpc) is 2.42. The summed E-state index contributed by atoms with van der Waals surface area (Å²) < 4.78 is 25.7. The first-order valence-electron chi connectivity index (χ1n) is 7.08. The van der Waals surface area contributed by atoms with Crippen LogP contribution in [0.25, 0.3) is 0 Å². The molecule has 0 spiro atoms. The van der Waals surface area contributed by atoms with Gasteiger partial charge in [0.1, 0.15) is 18.8 Å². The average molecular weight is 517 g/mol. The molecule has 0 unspecified atom stereocenters. The van der Waals surface area contributed by atoms with Crippen LogP contribution in [-0.4, -0.2) is 84.8 Å². The Kier molecular flexibility index (Phi) is 16.0. The van der Waals surface area contributed by atoms with Gasteiger partial charge in [0.15, 0.2) is 12.2 Å². The molecule has 0 saturated carbocycles. The van der Waals surface area contributed by atoms with Crippen LogP contribution in [-0.2, 0) is 55.5 Å². The zero-order valence-corrected chi connectivity index (χ0v) is 17.5. The van der Waals surface area contributed by atoms with Crippen molar-refractivity contribution in [1.29, 1.82) is 0 Å². The summed E-state index contributed by atoms with van der Waals surface area (Å²) in [4.78, 5) is 45.0. The molecule has 0 aromatic rings. The number of ether oxygens (including phenoxy) is 5. The maximum Gasteiger partial charge on any atom is 0.303 e. The van der Waals surface area contributed by atoms with E-state index >= 15 is 0 Å². The zero-order valence-electron chi connectivity index (χ0n) is 14.1. The van der Waals surface area contributed by atoms with Crippen LogP contribution < -0.4 is 0 Å². The van der Waals surface area contributed by atoms with Crippen LogP contribution in [0.2, 0.25) is 0 Å². The summed E-state index contributed by atoms with van der Waals surface area (Å²) in [5.74, 6) is -2.62. The van der Waals surface area contributed by atoms with E-state index < -0.39 is 53.7 Å². The standard InChI is InChI=1S/C14H20O9S.2CH4.Sb/c1-6(15)19-5-10-11(20-7(2)16)12(21-8(3)17)13(14(24)23-10)22-9(4)18;;;/h10-14,24H,5H2,1-4H3;2*1H4;/p-1/t10-,11-,12+,13-,14+;;;/m1.../s1. The van der Waals surface area contributed by atoms with E-state index in [-0.39, 0.29) is 45.9 Å². The smallest absolute Gasteiger partial charge is 0.303 e. The number of carbonyl (C=O) groups excluding carboxylic acids is 4. The molecule has 9 nitrogen and oxygen atoms in total. The predicted octanol–water partition coefficient (Wildman–Crippen LogP) is 0.508. The molecule has 0 bridgehead atoms. The van der Waals surface area contributed by atoms with Crippen molar-refractivity contribution in [2.45, 2.75) is 72.4 Å². The van der Waals surface area contributed by atoms with Crippen molar-refractivity contribution in [2.24, 2.45) is 0 Å². The Morgan fingerprint density at radius 3 is 1.59 bits per heavy atom. The summed E-state index contributed by atoms with van der Waals surface area (Å²) in [7, 11) is 0. The van der Waals surface area contributed by atoms with Gasteiger partial charge in [-0.05, 0) is 5.44 Å². The normalized spacial score (nSPS) is 26.0. The Hall–Kier alpha value is -0.992. The van der Waals surface area contributed by atoms with Crippen molar-refractivity contribution in [3.8, 4) is 0 Å². The molecule has 1 heterocycles. The molecule has 157 valence electrons. The Morgan fingerprint density at radius 1 is 0.778 bits per heavy atom. The Balaban J connectivity index is -0.00000192. The molecule has 1 saturated heterocycles. The molecular formula is C16H27O9SSb-. The molecule has 5 atom stereocenters. The van der Waals surface area contributed by atoms with Crippen LogP contribution in [0, 0.1) is 0 Å². The maximum absolute atomic E-state index is 11.4. The molecule has 0 aromatic carbocycles. The second-order valence-electron chi connectivity index (χ2n) is 5.07. The topological polar surface area (TPSA) is 114 Å². The van der Waals surface area contributed by atoms with Crippen LogP contribution in [0.1, 0.15) is 42.5 Å². The largest absolute Gasteiger partial charge is 0.757 e. The number of esters is 4. The zero-order chi connectivity index (χ0) is 18.4. The van der Waals surface area contributed by atoms with E-state index in [2.05, 4.69) is 0 Å². The van der Waals surface area contributed by atoms with E-state index in [4.69, 9.17) is 36.3 Å². The fourth-order valence-electron chi connectivity index (χ4n) is 2.19. The van der Waals surface area contributed by atoms with E-state index in [1.54, 1.807) is 0 Å². The third kappa shape index (κ3) is 10.2. The quantitative estimate of drug-likeness (QED) is 0.221. The van der Waals surface area contributed by atoms with Gasteiger partial charge in [0.05, 0.1) is 0 Å². The van der Waals surface area contributed by atoms with Crippen molar-refractivity contribution in [1.82, 2.24) is 0 Å². The Bertz CT molecular complexity index is 514. The molecule has 3 radical (unpaired) electrons. The Morgan fingerprint density at radius 2 is 1.19 bits per heavy atom. The van der Waals surface area contributed by atoms with Gasteiger partial charge in [-0.1, -0.05) is 14.9 Å². The molecule has 0 aromatic heterocycles. The molecule has 0 amide bonds. The number of carbonyl (C=O) groups is 4. The SMILES string of the molecule is C.C.CC(=O)OC[C@H]1O[C@@H]([S-])[C@H](OC(C)=O)[C@@H](OC(C)=O)[C@@H]1OC(C)=O.[Sb]. The number of hydrogen-bond acceptors (Lipinski definition) is 10. The van der Waals surface area contributed by atoms with E-state index in [1.807, 2.05) is 0 Å². The van der Waals surface area contributed by atoms with Crippen LogP contribution in [0.3, 0.4) is 0 Å². The number of rotatable bonds is 5. The molecule has 1 fully saturated rings. The minimum atomic E-state index is -1.19. The first-order valence-corrected chi connectivity index (χ1v) is 7.55. The third-order valence-electron chi connectivity index (χ3n) is 2.95. The van der Waals surface area contributed by atoms with Gasteiger partial charge in [0.25, 0.3) is 0 Å². The van der Waals surface area contributed by atoms with Crippen molar-refractivity contribution >= 4 is 60.9 Å². The molecule has 0 aliphatic carbocycles. The minimum Gasteiger partial charge on any atom is -0.757 e. The van der Waals surface area contributed by atoms with Crippen LogP contribution >= 0.6 is 0 Å². The van der Waals surface area contributed by atoms with Crippen LogP contribution in [0.15, 0.2) is 0 Å². The van der Waals surface area contributed by atoms with Crippen LogP contribution in [0.4, 0.5) is 0 Å². The van der Waals surface area contributed by atoms with E-state index in [1.165, 1.54) is 6.92 Å². The summed E-state index contributed by atoms with van der Waals surface area (Å²) in [6, 6.07) is 0. The molecule has 0 N–H and O–H groups in total. The van der Waals surface area contributed by atoms with E-state index in [0.717, 1.165) is 20.8 Å². The summed E-state index contributed by atoms with van der Waals surface area (Å²) in [6.07, 6.45) is -4.47. The van der Waals surface area contributed by atoms with Gasteiger partial charge in [-0.3, -0.25) is 19.2 Å². The van der Waals surface area contributed by atoms with Crippen molar-refractivity contribution < 1.29 is 42.9 Å². The van der Waals surface area contributed by atoms with Crippen molar-refractivity contribution in [3.63, 3.8) is 0 Å².